The van der Waals surface area contributed by atoms with Crippen molar-refractivity contribution in [2.75, 3.05) is 0 Å². The average molecular weight is 185 g/mol. The summed E-state index contributed by atoms with van der Waals surface area (Å²) in [7, 11) is 0. The summed E-state index contributed by atoms with van der Waals surface area (Å²) in [6.07, 6.45) is -0.207. The first-order chi connectivity index (χ1) is 6.16. The van der Waals surface area contributed by atoms with Crippen LogP contribution in [-0.4, -0.2) is 30.0 Å². The van der Waals surface area contributed by atoms with E-state index < -0.39 is 18.0 Å². The minimum atomic E-state index is -2.11. The standard InChI is InChI=1S/C7H8FN3O2/c8-4-5(12)10-7(11-6(4)13)9-3-1-2-3/h3-4H,1-2H2,(H2,9,10,11,12,13). The number of aliphatic imine (C=N–C) groups is 1. The van der Waals surface area contributed by atoms with E-state index in [2.05, 4.69) is 15.6 Å². The second-order valence-electron chi connectivity index (χ2n) is 3.05. The fourth-order valence-corrected chi connectivity index (χ4v) is 0.961. The van der Waals surface area contributed by atoms with Gasteiger partial charge in [0, 0.05) is 0 Å². The maximum Gasteiger partial charge on any atom is 0.271 e. The highest BCUT2D eigenvalue weighted by atomic mass is 19.1. The Morgan fingerprint density at radius 1 is 1.23 bits per heavy atom. The molecule has 0 aromatic rings. The first-order valence-electron chi connectivity index (χ1n) is 4.00. The Balaban J connectivity index is 2.08. The number of alkyl halides is 1. The lowest BCUT2D eigenvalue weighted by Crippen LogP contribution is -2.57. The molecular weight excluding hydrogens is 177 g/mol. The van der Waals surface area contributed by atoms with Gasteiger partial charge in [0.25, 0.3) is 18.0 Å². The quantitative estimate of drug-likeness (QED) is 0.519. The minimum Gasteiger partial charge on any atom is -0.293 e. The summed E-state index contributed by atoms with van der Waals surface area (Å²) in [5, 5.41) is 4.34. The van der Waals surface area contributed by atoms with Crippen LogP contribution in [-0.2, 0) is 9.59 Å². The van der Waals surface area contributed by atoms with Crippen molar-refractivity contribution in [3.63, 3.8) is 0 Å². The van der Waals surface area contributed by atoms with Crippen molar-refractivity contribution in [1.29, 1.82) is 0 Å². The largest absolute Gasteiger partial charge is 0.293 e. The molecular formula is C7H8FN3O2. The molecule has 2 rings (SSSR count). The molecule has 2 fully saturated rings. The summed E-state index contributed by atoms with van der Waals surface area (Å²) in [4.78, 5) is 25.5. The molecule has 1 aliphatic heterocycles. The number of nitrogens with zero attached hydrogens (tertiary/aromatic N) is 1. The molecule has 0 aromatic carbocycles. The van der Waals surface area contributed by atoms with E-state index in [1.807, 2.05) is 0 Å². The molecule has 1 saturated heterocycles. The van der Waals surface area contributed by atoms with Crippen LogP contribution in [0.15, 0.2) is 4.99 Å². The fourth-order valence-electron chi connectivity index (χ4n) is 0.961. The van der Waals surface area contributed by atoms with Gasteiger partial charge >= 0.3 is 0 Å². The van der Waals surface area contributed by atoms with Crippen LogP contribution in [0, 0.1) is 0 Å². The van der Waals surface area contributed by atoms with Crippen molar-refractivity contribution >= 4 is 17.8 Å². The van der Waals surface area contributed by atoms with Gasteiger partial charge in [-0.3, -0.25) is 20.2 Å². The van der Waals surface area contributed by atoms with Gasteiger partial charge in [-0.1, -0.05) is 0 Å². The number of hydrogen-bond donors (Lipinski definition) is 2. The molecule has 13 heavy (non-hydrogen) atoms. The molecule has 1 aliphatic carbocycles. The normalized spacial score (nSPS) is 28.1. The van der Waals surface area contributed by atoms with Crippen LogP contribution in [0.25, 0.3) is 0 Å². The zero-order valence-electron chi connectivity index (χ0n) is 6.71. The molecule has 0 spiro atoms. The number of guanidine groups is 1. The number of carbonyl (C=O) groups is 2. The molecule has 2 aliphatic rings. The summed E-state index contributed by atoms with van der Waals surface area (Å²) < 4.78 is 12.6. The Kier molecular flexibility index (Phi) is 1.75. The molecule has 6 heteroatoms. The lowest BCUT2D eigenvalue weighted by atomic mass is 10.3. The molecule has 2 N–H and O–H groups in total. The third-order valence-electron chi connectivity index (χ3n) is 1.80. The topological polar surface area (TPSA) is 70.6 Å². The maximum atomic E-state index is 12.6. The van der Waals surface area contributed by atoms with E-state index in [9.17, 15) is 14.0 Å². The lowest BCUT2D eigenvalue weighted by Gasteiger charge is -2.17. The average Bonchev–Trinajstić information content (AvgIpc) is 2.84. The van der Waals surface area contributed by atoms with Crippen molar-refractivity contribution in [2.45, 2.75) is 25.1 Å². The van der Waals surface area contributed by atoms with Gasteiger partial charge in [-0.05, 0) is 12.8 Å². The Hall–Kier alpha value is -1.46. The summed E-state index contributed by atoms with van der Waals surface area (Å²) in [6.45, 7) is 0. The lowest BCUT2D eigenvalue weighted by molar-refractivity contribution is -0.136. The predicted molar refractivity (Wildman–Crippen MR) is 41.6 cm³/mol. The number of hydrogen-bond acceptors (Lipinski definition) is 3. The summed E-state index contributed by atoms with van der Waals surface area (Å²) in [5.74, 6) is -1.81. The van der Waals surface area contributed by atoms with E-state index in [1.165, 1.54) is 0 Å². The van der Waals surface area contributed by atoms with Crippen molar-refractivity contribution in [2.24, 2.45) is 4.99 Å². The van der Waals surface area contributed by atoms with Crippen LogP contribution in [0.3, 0.4) is 0 Å². The van der Waals surface area contributed by atoms with Gasteiger partial charge in [0.1, 0.15) is 0 Å². The van der Waals surface area contributed by atoms with Gasteiger partial charge in [-0.25, -0.2) is 9.38 Å². The van der Waals surface area contributed by atoms with Crippen LogP contribution in [0.2, 0.25) is 0 Å². The number of amides is 2. The highest BCUT2D eigenvalue weighted by molar-refractivity contribution is 6.19. The predicted octanol–water partition coefficient (Wildman–Crippen LogP) is -0.911. The second kappa shape index (κ2) is 2.79. The Bertz CT molecular complexity index is 278. The molecule has 1 saturated carbocycles. The molecule has 0 atom stereocenters. The van der Waals surface area contributed by atoms with E-state index in [1.54, 1.807) is 0 Å². The van der Waals surface area contributed by atoms with Crippen LogP contribution in [0.4, 0.5) is 4.39 Å². The molecule has 70 valence electrons. The second-order valence-corrected chi connectivity index (χ2v) is 3.05. The summed E-state index contributed by atoms with van der Waals surface area (Å²) in [5.41, 5.74) is 0. The number of carbonyl (C=O) groups excluding carboxylic acids is 2. The Morgan fingerprint density at radius 2 is 1.77 bits per heavy atom. The van der Waals surface area contributed by atoms with Crippen LogP contribution >= 0.6 is 0 Å². The Morgan fingerprint density at radius 3 is 2.23 bits per heavy atom. The fraction of sp³-hybridized carbons (Fsp3) is 0.571. The zero-order chi connectivity index (χ0) is 9.42. The monoisotopic (exact) mass is 185 g/mol. The van der Waals surface area contributed by atoms with Crippen molar-refractivity contribution < 1.29 is 14.0 Å². The van der Waals surface area contributed by atoms with Gasteiger partial charge in [0.05, 0.1) is 6.04 Å². The smallest absolute Gasteiger partial charge is 0.271 e. The van der Waals surface area contributed by atoms with Crippen LogP contribution in [0.1, 0.15) is 12.8 Å². The number of halogens is 1. The number of rotatable bonds is 1. The molecule has 1 heterocycles. The molecule has 0 unspecified atom stereocenters. The van der Waals surface area contributed by atoms with Crippen LogP contribution < -0.4 is 10.6 Å². The third kappa shape index (κ3) is 1.66. The first-order valence-corrected chi connectivity index (χ1v) is 4.00. The molecule has 0 radical (unpaired) electrons. The van der Waals surface area contributed by atoms with E-state index in [4.69, 9.17) is 0 Å². The van der Waals surface area contributed by atoms with Gasteiger partial charge in [-0.15, -0.1) is 0 Å². The third-order valence-corrected chi connectivity index (χ3v) is 1.80. The van der Waals surface area contributed by atoms with Crippen molar-refractivity contribution in [1.82, 2.24) is 10.6 Å². The summed E-state index contributed by atoms with van der Waals surface area (Å²) >= 11 is 0. The highest BCUT2D eigenvalue weighted by Gasteiger charge is 2.34. The molecule has 0 bridgehead atoms. The minimum absolute atomic E-state index is 0.0754. The van der Waals surface area contributed by atoms with Gasteiger partial charge in [0.15, 0.2) is 0 Å². The molecule has 2 amide bonds. The van der Waals surface area contributed by atoms with Crippen LogP contribution in [0.5, 0.6) is 0 Å². The summed E-state index contributed by atoms with van der Waals surface area (Å²) in [6, 6.07) is 0.173. The van der Waals surface area contributed by atoms with Crippen molar-refractivity contribution in [3.8, 4) is 0 Å². The van der Waals surface area contributed by atoms with Gasteiger partial charge in [-0.2, -0.15) is 0 Å². The highest BCUT2D eigenvalue weighted by Crippen LogP contribution is 2.23. The van der Waals surface area contributed by atoms with E-state index in [0.717, 1.165) is 12.8 Å². The van der Waals surface area contributed by atoms with Crippen molar-refractivity contribution in [3.05, 3.63) is 0 Å². The SMILES string of the molecule is O=C1NC(=NC2CC2)NC(=O)C1F. The Labute approximate surface area is 73.4 Å². The maximum absolute atomic E-state index is 12.6. The zero-order valence-corrected chi connectivity index (χ0v) is 6.71. The first kappa shape index (κ1) is 8.15. The van der Waals surface area contributed by atoms with Gasteiger partial charge in [0.2, 0.25) is 5.96 Å². The molecule has 0 aromatic heterocycles. The van der Waals surface area contributed by atoms with E-state index >= 15 is 0 Å². The van der Waals surface area contributed by atoms with E-state index in [-0.39, 0.29) is 12.0 Å². The van der Waals surface area contributed by atoms with E-state index in [0.29, 0.717) is 0 Å². The number of nitrogens with one attached hydrogen (secondary N) is 2. The van der Waals surface area contributed by atoms with Gasteiger partial charge < -0.3 is 0 Å². The molecule has 5 nitrogen and oxygen atoms in total.